The molecule has 136 valence electrons. The molecule has 0 saturated carbocycles. The number of amides is 1. The van der Waals surface area contributed by atoms with E-state index in [1.807, 2.05) is 35.8 Å². The molecule has 27 heavy (non-hydrogen) atoms. The van der Waals surface area contributed by atoms with Gasteiger partial charge in [-0.15, -0.1) is 11.3 Å². The predicted molar refractivity (Wildman–Crippen MR) is 107 cm³/mol. The highest BCUT2D eigenvalue weighted by Crippen LogP contribution is 2.30. The summed E-state index contributed by atoms with van der Waals surface area (Å²) in [5.74, 6) is 1.08. The van der Waals surface area contributed by atoms with Crippen molar-refractivity contribution in [2.75, 3.05) is 19.0 Å². The van der Waals surface area contributed by atoms with Gasteiger partial charge in [-0.3, -0.25) is 10.1 Å². The molecule has 0 aliphatic heterocycles. The molecule has 0 saturated heterocycles. The number of anilines is 1. The second-order valence-corrected chi connectivity index (χ2v) is 6.66. The molecule has 1 amide bonds. The number of hydrogen-bond acceptors (Lipinski definition) is 5. The minimum absolute atomic E-state index is 0.0890. The minimum Gasteiger partial charge on any atom is -0.497 e. The monoisotopic (exact) mass is 379 g/mol. The van der Waals surface area contributed by atoms with Crippen LogP contribution in [0.4, 0.5) is 5.13 Å². The molecule has 7 heteroatoms. The fourth-order valence-corrected chi connectivity index (χ4v) is 3.44. The SMILES string of the molecule is COc1ccc(OCC(=O)Nc2nc(-c3c[nH]c4ccccc34)cs2)cc1. The Bertz CT molecular complexity index is 1070. The van der Waals surface area contributed by atoms with Crippen molar-refractivity contribution in [2.45, 2.75) is 0 Å². The highest BCUT2D eigenvalue weighted by atomic mass is 32.1. The molecule has 0 aliphatic rings. The highest BCUT2D eigenvalue weighted by Gasteiger charge is 2.12. The third kappa shape index (κ3) is 3.78. The molecule has 0 fully saturated rings. The van der Waals surface area contributed by atoms with Crippen LogP contribution in [0.15, 0.2) is 60.1 Å². The Morgan fingerprint density at radius 1 is 1.15 bits per heavy atom. The van der Waals surface area contributed by atoms with E-state index in [2.05, 4.69) is 15.3 Å². The number of hydrogen-bond donors (Lipinski definition) is 2. The number of ether oxygens (including phenoxy) is 2. The lowest BCUT2D eigenvalue weighted by Gasteiger charge is -2.06. The van der Waals surface area contributed by atoms with Crippen LogP contribution in [0, 0.1) is 0 Å². The molecule has 2 aromatic carbocycles. The fourth-order valence-electron chi connectivity index (χ4n) is 2.71. The minimum atomic E-state index is -0.259. The molecule has 4 rings (SSSR count). The number of fused-ring (bicyclic) bond motifs is 1. The van der Waals surface area contributed by atoms with Crippen LogP contribution in [0.2, 0.25) is 0 Å². The van der Waals surface area contributed by atoms with Gasteiger partial charge >= 0.3 is 0 Å². The summed E-state index contributed by atoms with van der Waals surface area (Å²) >= 11 is 1.38. The molecule has 0 bridgehead atoms. The summed E-state index contributed by atoms with van der Waals surface area (Å²) < 4.78 is 10.6. The van der Waals surface area contributed by atoms with Crippen molar-refractivity contribution in [1.82, 2.24) is 9.97 Å². The van der Waals surface area contributed by atoms with Crippen molar-refractivity contribution < 1.29 is 14.3 Å². The van der Waals surface area contributed by atoms with E-state index < -0.39 is 0 Å². The van der Waals surface area contributed by atoms with Gasteiger partial charge in [0.15, 0.2) is 11.7 Å². The quantitative estimate of drug-likeness (QED) is 0.523. The van der Waals surface area contributed by atoms with Crippen molar-refractivity contribution in [3.8, 4) is 22.8 Å². The van der Waals surface area contributed by atoms with E-state index in [0.29, 0.717) is 10.9 Å². The molecule has 0 atom stereocenters. The smallest absolute Gasteiger partial charge is 0.264 e. The maximum absolute atomic E-state index is 12.1. The first-order valence-electron chi connectivity index (χ1n) is 8.31. The Morgan fingerprint density at radius 2 is 1.93 bits per heavy atom. The lowest BCUT2D eigenvalue weighted by atomic mass is 10.1. The maximum atomic E-state index is 12.1. The summed E-state index contributed by atoms with van der Waals surface area (Å²) in [6.45, 7) is -0.0890. The van der Waals surface area contributed by atoms with E-state index in [1.54, 1.807) is 31.4 Å². The van der Waals surface area contributed by atoms with Crippen LogP contribution in [0.3, 0.4) is 0 Å². The van der Waals surface area contributed by atoms with E-state index in [9.17, 15) is 4.79 Å². The molecule has 4 aromatic rings. The average Bonchev–Trinajstić information content (AvgIpc) is 3.33. The molecule has 2 heterocycles. The van der Waals surface area contributed by atoms with Crippen LogP contribution in [0.25, 0.3) is 22.2 Å². The fraction of sp³-hybridized carbons (Fsp3) is 0.100. The number of H-pyrrole nitrogens is 1. The second-order valence-electron chi connectivity index (χ2n) is 5.80. The van der Waals surface area contributed by atoms with Gasteiger partial charge in [0, 0.05) is 28.0 Å². The van der Waals surface area contributed by atoms with Crippen molar-refractivity contribution >= 4 is 33.3 Å². The summed E-state index contributed by atoms with van der Waals surface area (Å²) in [5, 5.41) is 6.34. The van der Waals surface area contributed by atoms with Gasteiger partial charge in [0.25, 0.3) is 5.91 Å². The van der Waals surface area contributed by atoms with Crippen LogP contribution in [-0.4, -0.2) is 29.6 Å². The molecular weight excluding hydrogens is 362 g/mol. The van der Waals surface area contributed by atoms with E-state index in [-0.39, 0.29) is 12.5 Å². The predicted octanol–water partition coefficient (Wildman–Crippen LogP) is 4.32. The molecule has 0 aliphatic carbocycles. The average molecular weight is 379 g/mol. The Hall–Kier alpha value is -3.32. The maximum Gasteiger partial charge on any atom is 0.264 e. The number of benzene rings is 2. The molecule has 0 unspecified atom stereocenters. The third-order valence-corrected chi connectivity index (χ3v) is 4.80. The Labute approximate surface area is 159 Å². The van der Waals surface area contributed by atoms with Crippen molar-refractivity contribution in [2.24, 2.45) is 0 Å². The van der Waals surface area contributed by atoms with Gasteiger partial charge in [-0.05, 0) is 30.3 Å². The summed E-state index contributed by atoms with van der Waals surface area (Å²) in [6.07, 6.45) is 1.93. The Morgan fingerprint density at radius 3 is 2.74 bits per heavy atom. The number of carbonyl (C=O) groups is 1. The first-order chi connectivity index (χ1) is 13.2. The lowest BCUT2D eigenvalue weighted by Crippen LogP contribution is -2.20. The highest BCUT2D eigenvalue weighted by molar-refractivity contribution is 7.14. The Kier molecular flexibility index (Phi) is 4.76. The van der Waals surface area contributed by atoms with Crippen molar-refractivity contribution in [3.05, 3.63) is 60.1 Å². The number of aromatic nitrogens is 2. The molecule has 2 N–H and O–H groups in total. The van der Waals surface area contributed by atoms with Gasteiger partial charge in [0.05, 0.1) is 12.8 Å². The van der Waals surface area contributed by atoms with Crippen molar-refractivity contribution in [3.63, 3.8) is 0 Å². The number of nitrogens with one attached hydrogen (secondary N) is 2. The van der Waals surface area contributed by atoms with Crippen LogP contribution >= 0.6 is 11.3 Å². The number of thiazole rings is 1. The van der Waals surface area contributed by atoms with Gasteiger partial charge in [-0.1, -0.05) is 18.2 Å². The van der Waals surface area contributed by atoms with Gasteiger partial charge in [0.2, 0.25) is 0 Å². The third-order valence-electron chi connectivity index (χ3n) is 4.05. The van der Waals surface area contributed by atoms with Crippen LogP contribution in [0.1, 0.15) is 0 Å². The summed E-state index contributed by atoms with van der Waals surface area (Å²) in [5.41, 5.74) is 2.89. The number of aromatic amines is 1. The summed E-state index contributed by atoms with van der Waals surface area (Å²) in [7, 11) is 1.60. The normalized spacial score (nSPS) is 10.7. The van der Waals surface area contributed by atoms with E-state index in [1.165, 1.54) is 11.3 Å². The largest absolute Gasteiger partial charge is 0.497 e. The van der Waals surface area contributed by atoms with Crippen molar-refractivity contribution in [1.29, 1.82) is 0 Å². The zero-order valence-electron chi connectivity index (χ0n) is 14.6. The van der Waals surface area contributed by atoms with Gasteiger partial charge in [0.1, 0.15) is 11.5 Å². The zero-order chi connectivity index (χ0) is 18.6. The number of methoxy groups -OCH3 is 1. The lowest BCUT2D eigenvalue weighted by molar-refractivity contribution is -0.118. The van der Waals surface area contributed by atoms with Gasteiger partial charge in [-0.25, -0.2) is 4.98 Å². The molecule has 2 aromatic heterocycles. The zero-order valence-corrected chi connectivity index (χ0v) is 15.4. The second kappa shape index (κ2) is 7.51. The number of carbonyl (C=O) groups excluding carboxylic acids is 1. The topological polar surface area (TPSA) is 76.2 Å². The summed E-state index contributed by atoms with van der Waals surface area (Å²) in [4.78, 5) is 19.9. The number of nitrogens with zero attached hydrogens (tertiary/aromatic N) is 1. The molecule has 6 nitrogen and oxygen atoms in total. The van der Waals surface area contributed by atoms with Gasteiger partial charge < -0.3 is 14.5 Å². The first-order valence-corrected chi connectivity index (χ1v) is 9.19. The van der Waals surface area contributed by atoms with Gasteiger partial charge in [-0.2, -0.15) is 0 Å². The van der Waals surface area contributed by atoms with E-state index in [0.717, 1.165) is 27.9 Å². The van der Waals surface area contributed by atoms with Crippen LogP contribution < -0.4 is 14.8 Å². The van der Waals surface area contributed by atoms with Crippen LogP contribution in [-0.2, 0) is 4.79 Å². The standard InChI is InChI=1S/C20H17N3O3S/c1-25-13-6-8-14(9-7-13)26-11-19(24)23-20-22-18(12-27-20)16-10-21-17-5-3-2-4-15(16)17/h2-10,12,21H,11H2,1H3,(H,22,23,24). The first kappa shape index (κ1) is 17.1. The molecule has 0 spiro atoms. The molecular formula is C20H17N3O3S. The van der Waals surface area contributed by atoms with Crippen LogP contribution in [0.5, 0.6) is 11.5 Å². The Balaban J connectivity index is 1.39. The van der Waals surface area contributed by atoms with E-state index in [4.69, 9.17) is 9.47 Å². The van der Waals surface area contributed by atoms with E-state index >= 15 is 0 Å². The number of para-hydroxylation sites is 1. The molecule has 0 radical (unpaired) electrons. The summed E-state index contributed by atoms with van der Waals surface area (Å²) in [6, 6.07) is 15.1. The number of rotatable bonds is 6.